The molecule has 0 saturated carbocycles. The van der Waals surface area contributed by atoms with Crippen molar-refractivity contribution < 1.29 is 14.3 Å². The van der Waals surface area contributed by atoms with Gasteiger partial charge in [0, 0.05) is 30.8 Å². The lowest BCUT2D eigenvalue weighted by Gasteiger charge is -2.30. The van der Waals surface area contributed by atoms with E-state index in [4.69, 9.17) is 4.74 Å². The number of hydrogen-bond donors (Lipinski definition) is 1. The summed E-state index contributed by atoms with van der Waals surface area (Å²) < 4.78 is 5.12. The molecule has 0 bridgehead atoms. The van der Waals surface area contributed by atoms with Crippen molar-refractivity contribution >= 4 is 17.5 Å². The molecule has 108 valence electrons. The lowest BCUT2D eigenvalue weighted by Crippen LogP contribution is -2.42. The fourth-order valence-electron chi connectivity index (χ4n) is 2.39. The normalized spacial score (nSPS) is 15.8. The Morgan fingerprint density at radius 3 is 2.60 bits per heavy atom. The molecule has 0 spiro atoms. The van der Waals surface area contributed by atoms with Crippen molar-refractivity contribution in [3.63, 3.8) is 0 Å². The Labute approximate surface area is 118 Å². The summed E-state index contributed by atoms with van der Waals surface area (Å²) in [5.74, 6) is 1.03. The molecule has 20 heavy (non-hydrogen) atoms. The first-order chi connectivity index (χ1) is 9.60. The molecular formula is C15H20N2O3. The Kier molecular flexibility index (Phi) is 4.61. The van der Waals surface area contributed by atoms with E-state index in [1.165, 1.54) is 0 Å². The lowest BCUT2D eigenvalue weighted by atomic mass is 9.93. The number of ether oxygens (including phenoxy) is 1. The zero-order valence-corrected chi connectivity index (χ0v) is 11.9. The Bertz CT molecular complexity index is 494. The number of carbonyl (C=O) groups excluding carboxylic acids is 2. The molecule has 1 aliphatic heterocycles. The maximum atomic E-state index is 12.1. The van der Waals surface area contributed by atoms with Gasteiger partial charge in [-0.3, -0.25) is 4.79 Å². The number of likely N-dealkylation sites (tertiary alicyclic amines) is 1. The van der Waals surface area contributed by atoms with E-state index < -0.39 is 0 Å². The molecule has 2 amide bonds. The molecule has 1 N–H and O–H groups in total. The van der Waals surface area contributed by atoms with Crippen LogP contribution in [0.3, 0.4) is 0 Å². The van der Waals surface area contributed by atoms with Crippen molar-refractivity contribution in [1.29, 1.82) is 0 Å². The maximum Gasteiger partial charge on any atom is 0.321 e. The molecule has 5 nitrogen and oxygen atoms in total. The molecule has 0 aliphatic carbocycles. The van der Waals surface area contributed by atoms with Gasteiger partial charge < -0.3 is 15.0 Å². The van der Waals surface area contributed by atoms with Crippen LogP contribution in [-0.2, 0) is 4.79 Å². The van der Waals surface area contributed by atoms with Gasteiger partial charge in [0.2, 0.25) is 0 Å². The zero-order chi connectivity index (χ0) is 14.5. The van der Waals surface area contributed by atoms with Crippen LogP contribution < -0.4 is 10.1 Å². The number of nitrogens with zero attached hydrogens (tertiary/aromatic N) is 1. The van der Waals surface area contributed by atoms with Crippen LogP contribution in [0.15, 0.2) is 24.3 Å². The lowest BCUT2D eigenvalue weighted by molar-refractivity contribution is -0.121. The molecule has 0 aromatic heterocycles. The van der Waals surface area contributed by atoms with Crippen molar-refractivity contribution in [1.82, 2.24) is 4.90 Å². The SMILES string of the molecule is COc1cccc(NC(=O)N2CCC(C(C)=O)CC2)c1. The van der Waals surface area contributed by atoms with Crippen molar-refractivity contribution in [3.8, 4) is 5.75 Å². The Morgan fingerprint density at radius 2 is 2.00 bits per heavy atom. The highest BCUT2D eigenvalue weighted by atomic mass is 16.5. The molecule has 1 saturated heterocycles. The second-order valence-electron chi connectivity index (χ2n) is 5.03. The first-order valence-corrected chi connectivity index (χ1v) is 6.80. The summed E-state index contributed by atoms with van der Waals surface area (Å²) in [6.45, 7) is 2.87. The largest absolute Gasteiger partial charge is 0.497 e. The standard InChI is InChI=1S/C15H20N2O3/c1-11(18)12-6-8-17(9-7-12)15(19)16-13-4-3-5-14(10-13)20-2/h3-5,10,12H,6-9H2,1-2H3,(H,16,19). The van der Waals surface area contributed by atoms with Gasteiger partial charge in [-0.25, -0.2) is 4.79 Å². The average Bonchev–Trinajstić information content (AvgIpc) is 2.47. The molecule has 1 fully saturated rings. The zero-order valence-electron chi connectivity index (χ0n) is 11.9. The van der Waals surface area contributed by atoms with E-state index in [2.05, 4.69) is 5.32 Å². The van der Waals surface area contributed by atoms with E-state index in [9.17, 15) is 9.59 Å². The topological polar surface area (TPSA) is 58.6 Å². The first-order valence-electron chi connectivity index (χ1n) is 6.80. The summed E-state index contributed by atoms with van der Waals surface area (Å²) in [7, 11) is 1.59. The molecule has 1 heterocycles. The van der Waals surface area contributed by atoms with E-state index in [1.807, 2.05) is 18.2 Å². The van der Waals surface area contributed by atoms with Gasteiger partial charge in [-0.1, -0.05) is 6.07 Å². The van der Waals surface area contributed by atoms with Gasteiger partial charge in [0.15, 0.2) is 0 Å². The number of amides is 2. The monoisotopic (exact) mass is 276 g/mol. The first kappa shape index (κ1) is 14.4. The second kappa shape index (κ2) is 6.41. The van der Waals surface area contributed by atoms with Crippen LogP contribution in [0.5, 0.6) is 5.75 Å². The van der Waals surface area contributed by atoms with Crippen molar-refractivity contribution in [2.75, 3.05) is 25.5 Å². The van der Waals surface area contributed by atoms with Crippen LogP contribution in [0.1, 0.15) is 19.8 Å². The van der Waals surface area contributed by atoms with E-state index in [1.54, 1.807) is 25.0 Å². The van der Waals surface area contributed by atoms with Crippen LogP contribution in [0.25, 0.3) is 0 Å². The molecule has 1 aromatic rings. The van der Waals surface area contributed by atoms with Gasteiger partial charge in [0.1, 0.15) is 11.5 Å². The number of Topliss-reactive ketones (excluding diaryl/α,β-unsaturated/α-hetero) is 1. The number of benzene rings is 1. The Hall–Kier alpha value is -2.04. The fourth-order valence-corrected chi connectivity index (χ4v) is 2.39. The number of methoxy groups -OCH3 is 1. The fraction of sp³-hybridized carbons (Fsp3) is 0.467. The van der Waals surface area contributed by atoms with E-state index in [0.29, 0.717) is 24.5 Å². The molecule has 5 heteroatoms. The smallest absolute Gasteiger partial charge is 0.321 e. The number of piperidine rings is 1. The number of nitrogens with one attached hydrogen (secondary N) is 1. The number of urea groups is 1. The van der Waals surface area contributed by atoms with Gasteiger partial charge in [0.25, 0.3) is 0 Å². The summed E-state index contributed by atoms with van der Waals surface area (Å²) in [4.78, 5) is 25.2. The highest BCUT2D eigenvalue weighted by molar-refractivity contribution is 5.89. The minimum Gasteiger partial charge on any atom is -0.497 e. The molecular weight excluding hydrogens is 256 g/mol. The highest BCUT2D eigenvalue weighted by Gasteiger charge is 2.25. The number of hydrogen-bond acceptors (Lipinski definition) is 3. The van der Waals surface area contributed by atoms with E-state index >= 15 is 0 Å². The quantitative estimate of drug-likeness (QED) is 0.923. The third-order valence-corrected chi connectivity index (χ3v) is 3.68. The molecule has 1 aliphatic rings. The predicted octanol–water partition coefficient (Wildman–Crippen LogP) is 2.53. The second-order valence-corrected chi connectivity index (χ2v) is 5.03. The Morgan fingerprint density at radius 1 is 1.30 bits per heavy atom. The van der Waals surface area contributed by atoms with Crippen LogP contribution in [0.4, 0.5) is 10.5 Å². The number of rotatable bonds is 3. The van der Waals surface area contributed by atoms with Crippen molar-refractivity contribution in [3.05, 3.63) is 24.3 Å². The minimum absolute atomic E-state index is 0.107. The molecule has 0 unspecified atom stereocenters. The molecule has 1 aromatic carbocycles. The summed E-state index contributed by atoms with van der Waals surface area (Å²) >= 11 is 0. The number of carbonyl (C=O) groups is 2. The van der Waals surface area contributed by atoms with E-state index in [0.717, 1.165) is 12.8 Å². The van der Waals surface area contributed by atoms with Gasteiger partial charge in [0.05, 0.1) is 7.11 Å². The van der Waals surface area contributed by atoms with Gasteiger partial charge in [-0.2, -0.15) is 0 Å². The Balaban J connectivity index is 1.91. The van der Waals surface area contributed by atoms with Crippen LogP contribution in [-0.4, -0.2) is 36.9 Å². The molecule has 2 rings (SSSR count). The van der Waals surface area contributed by atoms with Gasteiger partial charge in [-0.15, -0.1) is 0 Å². The third kappa shape index (κ3) is 3.50. The maximum absolute atomic E-state index is 12.1. The highest BCUT2D eigenvalue weighted by Crippen LogP contribution is 2.20. The van der Waals surface area contributed by atoms with Crippen LogP contribution in [0, 0.1) is 5.92 Å². The average molecular weight is 276 g/mol. The number of ketones is 1. The van der Waals surface area contributed by atoms with Gasteiger partial charge >= 0.3 is 6.03 Å². The van der Waals surface area contributed by atoms with Crippen LogP contribution in [0.2, 0.25) is 0 Å². The van der Waals surface area contributed by atoms with Crippen molar-refractivity contribution in [2.45, 2.75) is 19.8 Å². The summed E-state index contributed by atoms with van der Waals surface area (Å²) in [5, 5.41) is 2.85. The van der Waals surface area contributed by atoms with Crippen molar-refractivity contribution in [2.24, 2.45) is 5.92 Å². The minimum atomic E-state index is -0.125. The summed E-state index contributed by atoms with van der Waals surface area (Å²) in [5.41, 5.74) is 0.711. The summed E-state index contributed by atoms with van der Waals surface area (Å²) in [6.07, 6.45) is 1.50. The van der Waals surface area contributed by atoms with Gasteiger partial charge in [-0.05, 0) is 31.9 Å². The molecule has 0 radical (unpaired) electrons. The summed E-state index contributed by atoms with van der Waals surface area (Å²) in [6, 6.07) is 7.13. The third-order valence-electron chi connectivity index (χ3n) is 3.68. The van der Waals surface area contributed by atoms with E-state index in [-0.39, 0.29) is 17.7 Å². The molecule has 0 atom stereocenters. The predicted molar refractivity (Wildman–Crippen MR) is 77.0 cm³/mol. The number of anilines is 1. The van der Waals surface area contributed by atoms with Crippen LogP contribution >= 0.6 is 0 Å².